The monoisotopic (exact) mass is 514 g/mol. The Morgan fingerprint density at radius 3 is 1.86 bits per heavy atom. The van der Waals surface area contributed by atoms with E-state index < -0.39 is 35.7 Å². The van der Waals surface area contributed by atoms with Crippen LogP contribution in [0.3, 0.4) is 0 Å². The summed E-state index contributed by atoms with van der Waals surface area (Å²) in [6.07, 6.45) is 15.4. The van der Waals surface area contributed by atoms with Gasteiger partial charge in [0.2, 0.25) is 0 Å². The van der Waals surface area contributed by atoms with Gasteiger partial charge in [-0.2, -0.15) is 0 Å². The van der Waals surface area contributed by atoms with Gasteiger partial charge in [0.1, 0.15) is 0 Å². The van der Waals surface area contributed by atoms with Crippen LogP contribution < -0.4 is 0 Å². The molecule has 0 saturated carbocycles. The van der Waals surface area contributed by atoms with E-state index in [0.717, 1.165) is 0 Å². The molecule has 1 atom stereocenters. The van der Waals surface area contributed by atoms with Gasteiger partial charge in [0.25, 0.3) is 0 Å². The molecule has 0 aromatic carbocycles. The van der Waals surface area contributed by atoms with E-state index in [9.17, 15) is 9.59 Å². The Balaban J connectivity index is 0.000000551. The molecular weight excluding hydrogens is 471 g/mol. The van der Waals surface area contributed by atoms with Crippen molar-refractivity contribution in [2.24, 2.45) is 5.41 Å². The average molecular weight is 513 g/mol. The molecule has 0 saturated heterocycles. The Bertz CT molecular complexity index is 570. The van der Waals surface area contributed by atoms with Crippen molar-refractivity contribution in [2.75, 3.05) is 0 Å². The second-order valence-corrected chi connectivity index (χ2v) is 21.4. The fourth-order valence-electron chi connectivity index (χ4n) is 3.75. The third-order valence-corrected chi connectivity index (χ3v) is 20.2. The molecule has 0 amide bonds. The van der Waals surface area contributed by atoms with Crippen LogP contribution in [0, 0.1) is 5.41 Å². The van der Waals surface area contributed by atoms with E-state index in [1.807, 2.05) is 0 Å². The van der Waals surface area contributed by atoms with E-state index in [1.165, 1.54) is 63.7 Å². The number of hydrogen-bond acceptors (Lipinski definition) is 2. The topological polar surface area (TPSA) is 74.6 Å². The SMILES string of the molecule is CC1(C(=O)O)C=CC=C(C(=O)O)C1.CC=[CH][Sn]([CH2]CCC)([CH2]CCC)[CH2]CCC. The third-order valence-electron chi connectivity index (χ3n) is 5.69. The zero-order chi connectivity index (χ0) is 22.3. The Hall–Kier alpha value is -1.04. The van der Waals surface area contributed by atoms with Crippen LogP contribution in [0.4, 0.5) is 0 Å². The number of rotatable bonds is 12. The second-order valence-electron chi connectivity index (χ2n) is 8.43. The normalized spacial score (nSPS) is 18.9. The van der Waals surface area contributed by atoms with Crippen LogP contribution in [0.2, 0.25) is 13.3 Å². The number of aliphatic carboxylic acids is 2. The van der Waals surface area contributed by atoms with Crippen molar-refractivity contribution < 1.29 is 19.8 Å². The molecule has 0 radical (unpaired) electrons. The van der Waals surface area contributed by atoms with E-state index in [2.05, 4.69) is 37.9 Å². The summed E-state index contributed by atoms with van der Waals surface area (Å²) in [4.78, 5) is 21.3. The molecule has 4 nitrogen and oxygen atoms in total. The van der Waals surface area contributed by atoms with Gasteiger partial charge in [0.15, 0.2) is 0 Å². The van der Waals surface area contributed by atoms with Crippen molar-refractivity contribution in [3.05, 3.63) is 34.0 Å². The summed E-state index contributed by atoms with van der Waals surface area (Å²) in [5.41, 5.74) is -0.949. The molecule has 0 aromatic rings. The van der Waals surface area contributed by atoms with E-state index in [1.54, 1.807) is 13.3 Å². The molecule has 1 rings (SSSR count). The van der Waals surface area contributed by atoms with Gasteiger partial charge in [0, 0.05) is 5.57 Å². The quantitative estimate of drug-likeness (QED) is 0.276. The van der Waals surface area contributed by atoms with Crippen molar-refractivity contribution in [3.63, 3.8) is 0 Å². The summed E-state index contributed by atoms with van der Waals surface area (Å²) in [6, 6.07) is 0. The van der Waals surface area contributed by atoms with Crippen LogP contribution >= 0.6 is 0 Å². The van der Waals surface area contributed by atoms with Crippen molar-refractivity contribution in [3.8, 4) is 0 Å². The number of carbonyl (C=O) groups is 2. The van der Waals surface area contributed by atoms with Crippen LogP contribution in [0.5, 0.6) is 0 Å². The summed E-state index contributed by atoms with van der Waals surface area (Å²) >= 11 is -1.84. The van der Waals surface area contributed by atoms with Gasteiger partial charge >= 0.3 is 120 Å². The van der Waals surface area contributed by atoms with Crippen LogP contribution in [-0.2, 0) is 9.59 Å². The van der Waals surface area contributed by atoms with E-state index in [4.69, 9.17) is 10.2 Å². The van der Waals surface area contributed by atoms with E-state index >= 15 is 0 Å². The number of carboxylic acids is 2. The average Bonchev–Trinajstić information content (AvgIpc) is 2.69. The predicted octanol–water partition coefficient (Wildman–Crippen LogP) is 7.00. The molecule has 29 heavy (non-hydrogen) atoms. The van der Waals surface area contributed by atoms with Crippen molar-refractivity contribution in [2.45, 2.75) is 92.9 Å². The Morgan fingerprint density at radius 1 is 1.03 bits per heavy atom. The maximum absolute atomic E-state index is 10.8. The molecule has 0 fully saturated rings. The first-order chi connectivity index (χ1) is 13.7. The zero-order valence-electron chi connectivity index (χ0n) is 19.2. The minimum atomic E-state index is -1.84. The Kier molecular flexibility index (Phi) is 14.3. The molecule has 1 aliphatic carbocycles. The molecule has 5 heteroatoms. The summed E-state index contributed by atoms with van der Waals surface area (Å²) in [5, 5.41) is 17.5. The van der Waals surface area contributed by atoms with E-state index in [0.29, 0.717) is 0 Å². The fourth-order valence-corrected chi connectivity index (χ4v) is 18.4. The molecule has 0 bridgehead atoms. The Morgan fingerprint density at radius 2 is 1.52 bits per heavy atom. The molecule has 0 spiro atoms. The van der Waals surface area contributed by atoms with Crippen molar-refractivity contribution in [1.82, 2.24) is 0 Å². The molecular formula is C24H42O4Sn. The second kappa shape index (κ2) is 14.9. The van der Waals surface area contributed by atoms with Crippen LogP contribution in [0.25, 0.3) is 0 Å². The Labute approximate surface area is 182 Å². The number of allylic oxidation sites excluding steroid dienone is 3. The van der Waals surface area contributed by atoms with Gasteiger partial charge in [-0.1, -0.05) is 18.2 Å². The van der Waals surface area contributed by atoms with Crippen molar-refractivity contribution >= 4 is 30.3 Å². The molecule has 1 unspecified atom stereocenters. The van der Waals surface area contributed by atoms with Crippen LogP contribution in [0.15, 0.2) is 34.0 Å². The summed E-state index contributed by atoms with van der Waals surface area (Å²) in [6.45, 7) is 10.8. The first-order valence-corrected chi connectivity index (χ1v) is 18.9. The third kappa shape index (κ3) is 10.5. The number of carboxylic acid groups (broad SMARTS) is 2. The molecule has 0 aliphatic heterocycles. The maximum atomic E-state index is 10.8. The predicted molar refractivity (Wildman–Crippen MR) is 125 cm³/mol. The minimum absolute atomic E-state index is 0.0359. The van der Waals surface area contributed by atoms with Gasteiger partial charge in [-0.3, -0.25) is 4.79 Å². The fraction of sp³-hybridized carbons (Fsp3) is 0.667. The van der Waals surface area contributed by atoms with Gasteiger partial charge in [-0.05, 0) is 13.3 Å². The zero-order valence-corrected chi connectivity index (χ0v) is 22.0. The standard InChI is InChI=1S/C9H10O4.3C4H9.C3H5.Sn/c1-9(8(12)13)4-2-3-6(5-9)7(10)11;3*1-3-4-2;1-3-2;/h2-4H,5H2,1H3,(H,10,11)(H,12,13);3*1,3-4H2,2H3;1,3H,2H3;. The van der Waals surface area contributed by atoms with Crippen molar-refractivity contribution in [1.29, 1.82) is 0 Å². The molecule has 2 N–H and O–H groups in total. The van der Waals surface area contributed by atoms with Crippen LogP contribution in [-0.4, -0.2) is 40.5 Å². The van der Waals surface area contributed by atoms with E-state index in [-0.39, 0.29) is 12.0 Å². The molecule has 1 aliphatic rings. The number of unbranched alkanes of at least 4 members (excludes halogenated alkanes) is 3. The van der Waals surface area contributed by atoms with Gasteiger partial charge in [-0.25, -0.2) is 4.79 Å². The van der Waals surface area contributed by atoms with Gasteiger partial charge in [-0.15, -0.1) is 0 Å². The first-order valence-electron chi connectivity index (χ1n) is 11.2. The first kappa shape index (κ1) is 28.0. The summed E-state index contributed by atoms with van der Waals surface area (Å²) < 4.78 is 7.54. The molecule has 0 heterocycles. The summed E-state index contributed by atoms with van der Waals surface area (Å²) in [5.74, 6) is -2.06. The van der Waals surface area contributed by atoms with Gasteiger partial charge < -0.3 is 10.2 Å². The van der Waals surface area contributed by atoms with Gasteiger partial charge in [0.05, 0.1) is 5.41 Å². The number of hydrogen-bond donors (Lipinski definition) is 2. The summed E-state index contributed by atoms with van der Waals surface area (Å²) in [7, 11) is 0. The molecule has 0 aromatic heterocycles. The molecule has 166 valence electrons. The van der Waals surface area contributed by atoms with Crippen LogP contribution in [0.1, 0.15) is 79.6 Å².